The minimum atomic E-state index is 0.503. The van der Waals surface area contributed by atoms with E-state index in [1.807, 2.05) is 24.3 Å². The first kappa shape index (κ1) is 11.7. The highest BCUT2D eigenvalue weighted by atomic mass is 16.5. The summed E-state index contributed by atoms with van der Waals surface area (Å²) in [5, 5.41) is 14.3. The van der Waals surface area contributed by atoms with E-state index in [1.165, 1.54) is 12.8 Å². The van der Waals surface area contributed by atoms with Crippen LogP contribution in [0.3, 0.4) is 0 Å². The van der Waals surface area contributed by atoms with Crippen LogP contribution in [0.5, 0.6) is 5.75 Å². The van der Waals surface area contributed by atoms with E-state index in [4.69, 9.17) is 4.74 Å². The maximum absolute atomic E-state index is 5.28. The highest BCUT2D eigenvalue weighted by Crippen LogP contribution is 2.27. The van der Waals surface area contributed by atoms with Gasteiger partial charge in [-0.15, -0.1) is 5.10 Å². The van der Waals surface area contributed by atoms with Crippen LogP contribution in [0.2, 0.25) is 0 Å². The molecule has 0 spiro atoms. The van der Waals surface area contributed by atoms with Crippen LogP contribution in [0.4, 0.5) is 17.5 Å². The summed E-state index contributed by atoms with van der Waals surface area (Å²) in [7, 11) is 1.64. The Morgan fingerprint density at radius 1 is 1.26 bits per heavy atom. The molecule has 0 saturated heterocycles. The number of hydrogen-bond donors (Lipinski definition) is 2. The second-order valence-electron chi connectivity index (χ2n) is 4.41. The summed E-state index contributed by atoms with van der Waals surface area (Å²) in [6.45, 7) is 0. The van der Waals surface area contributed by atoms with Crippen molar-refractivity contribution in [3.05, 3.63) is 30.5 Å². The monoisotopic (exact) mass is 257 g/mol. The molecule has 1 heterocycles. The molecule has 1 fully saturated rings. The maximum Gasteiger partial charge on any atom is 0.244 e. The summed E-state index contributed by atoms with van der Waals surface area (Å²) < 4.78 is 5.28. The maximum atomic E-state index is 5.28. The van der Waals surface area contributed by atoms with Crippen molar-refractivity contribution in [3.8, 4) is 5.75 Å². The zero-order valence-corrected chi connectivity index (χ0v) is 10.6. The first-order valence-corrected chi connectivity index (χ1v) is 6.21. The van der Waals surface area contributed by atoms with Gasteiger partial charge in [0, 0.05) is 6.04 Å². The van der Waals surface area contributed by atoms with E-state index in [-0.39, 0.29) is 0 Å². The average Bonchev–Trinajstić information content (AvgIpc) is 3.24. The van der Waals surface area contributed by atoms with Crippen LogP contribution in [-0.4, -0.2) is 28.3 Å². The molecule has 1 aliphatic rings. The van der Waals surface area contributed by atoms with Crippen LogP contribution >= 0.6 is 0 Å². The molecule has 0 bridgehead atoms. The van der Waals surface area contributed by atoms with Gasteiger partial charge in [-0.2, -0.15) is 10.1 Å². The standard InChI is InChI=1S/C13H15N5O/c1-19-11-5-3-2-4-10(11)16-12-8-14-18-13(17-12)15-9-6-7-9/h2-5,8-9H,6-7H2,1H3,(H2,15,16,17,18). The highest BCUT2D eigenvalue weighted by Gasteiger charge is 2.22. The molecule has 0 aliphatic heterocycles. The number of hydrogen-bond acceptors (Lipinski definition) is 6. The van der Waals surface area contributed by atoms with Crippen LogP contribution < -0.4 is 15.4 Å². The van der Waals surface area contributed by atoms with Gasteiger partial charge in [-0.3, -0.25) is 0 Å². The minimum Gasteiger partial charge on any atom is -0.495 e. The molecule has 1 aliphatic carbocycles. The van der Waals surface area contributed by atoms with Crippen molar-refractivity contribution in [1.82, 2.24) is 15.2 Å². The van der Waals surface area contributed by atoms with Crippen LogP contribution in [0.15, 0.2) is 30.5 Å². The molecule has 0 unspecified atom stereocenters. The van der Waals surface area contributed by atoms with E-state index in [2.05, 4.69) is 25.8 Å². The minimum absolute atomic E-state index is 0.503. The van der Waals surface area contributed by atoms with E-state index in [1.54, 1.807) is 13.3 Å². The van der Waals surface area contributed by atoms with Gasteiger partial charge in [0.25, 0.3) is 0 Å². The molecule has 19 heavy (non-hydrogen) atoms. The Bertz CT molecular complexity index is 570. The Morgan fingerprint density at radius 3 is 2.89 bits per heavy atom. The molecule has 1 aromatic heterocycles. The van der Waals surface area contributed by atoms with Gasteiger partial charge in [0.1, 0.15) is 5.75 Å². The predicted molar refractivity (Wildman–Crippen MR) is 72.7 cm³/mol. The second-order valence-corrected chi connectivity index (χ2v) is 4.41. The normalized spacial score (nSPS) is 13.9. The number of nitrogens with one attached hydrogen (secondary N) is 2. The number of nitrogens with zero attached hydrogens (tertiary/aromatic N) is 3. The first-order valence-electron chi connectivity index (χ1n) is 6.21. The Hall–Kier alpha value is -2.37. The van der Waals surface area contributed by atoms with Gasteiger partial charge < -0.3 is 15.4 Å². The summed E-state index contributed by atoms with van der Waals surface area (Å²) >= 11 is 0. The van der Waals surface area contributed by atoms with Crippen LogP contribution in [-0.2, 0) is 0 Å². The smallest absolute Gasteiger partial charge is 0.244 e. The van der Waals surface area contributed by atoms with E-state index < -0.39 is 0 Å². The van der Waals surface area contributed by atoms with E-state index in [9.17, 15) is 0 Å². The van der Waals surface area contributed by atoms with Gasteiger partial charge >= 0.3 is 0 Å². The van der Waals surface area contributed by atoms with Gasteiger partial charge in [0.05, 0.1) is 19.0 Å². The van der Waals surface area contributed by atoms with Gasteiger partial charge in [-0.1, -0.05) is 12.1 Å². The molecule has 6 nitrogen and oxygen atoms in total. The third kappa shape index (κ3) is 2.90. The number of rotatable bonds is 5. The van der Waals surface area contributed by atoms with Crippen LogP contribution in [0.25, 0.3) is 0 Å². The van der Waals surface area contributed by atoms with Crippen molar-refractivity contribution < 1.29 is 4.74 Å². The third-order valence-corrected chi connectivity index (χ3v) is 2.84. The number of anilines is 3. The van der Waals surface area contributed by atoms with Crippen molar-refractivity contribution >= 4 is 17.5 Å². The largest absolute Gasteiger partial charge is 0.495 e. The summed E-state index contributed by atoms with van der Waals surface area (Å²) in [5.74, 6) is 1.96. The lowest BCUT2D eigenvalue weighted by Gasteiger charge is -2.10. The van der Waals surface area contributed by atoms with Gasteiger partial charge in [-0.25, -0.2) is 0 Å². The number of benzene rings is 1. The molecule has 1 aromatic carbocycles. The summed E-state index contributed by atoms with van der Waals surface area (Å²) in [5.41, 5.74) is 0.850. The average molecular weight is 257 g/mol. The molecular weight excluding hydrogens is 242 g/mol. The van der Waals surface area contributed by atoms with Crippen molar-refractivity contribution in [2.45, 2.75) is 18.9 Å². The first-order chi connectivity index (χ1) is 9.35. The van der Waals surface area contributed by atoms with E-state index >= 15 is 0 Å². The fourth-order valence-corrected chi connectivity index (χ4v) is 1.72. The van der Waals surface area contributed by atoms with Gasteiger partial charge in [-0.05, 0) is 25.0 Å². The van der Waals surface area contributed by atoms with Crippen molar-refractivity contribution in [3.63, 3.8) is 0 Å². The lowest BCUT2D eigenvalue weighted by atomic mass is 10.3. The number of aromatic nitrogens is 3. The molecule has 98 valence electrons. The molecule has 0 radical (unpaired) electrons. The SMILES string of the molecule is COc1ccccc1Nc1cnnc(NC2CC2)n1. The molecule has 3 rings (SSSR count). The number of para-hydroxylation sites is 2. The highest BCUT2D eigenvalue weighted by molar-refractivity contribution is 5.63. The zero-order chi connectivity index (χ0) is 13.1. The Balaban J connectivity index is 1.78. The van der Waals surface area contributed by atoms with Crippen LogP contribution in [0.1, 0.15) is 12.8 Å². The van der Waals surface area contributed by atoms with E-state index in [0.29, 0.717) is 17.8 Å². The van der Waals surface area contributed by atoms with Crippen molar-refractivity contribution in [2.75, 3.05) is 17.7 Å². The third-order valence-electron chi connectivity index (χ3n) is 2.84. The summed E-state index contributed by atoms with van der Waals surface area (Å²) in [4.78, 5) is 4.37. The summed E-state index contributed by atoms with van der Waals surface area (Å²) in [6.07, 6.45) is 3.94. The van der Waals surface area contributed by atoms with Crippen LogP contribution in [0, 0.1) is 0 Å². The van der Waals surface area contributed by atoms with Gasteiger partial charge in [0.15, 0.2) is 5.82 Å². The zero-order valence-electron chi connectivity index (χ0n) is 10.6. The molecule has 2 N–H and O–H groups in total. The Kier molecular flexibility index (Phi) is 3.14. The fourth-order valence-electron chi connectivity index (χ4n) is 1.72. The summed E-state index contributed by atoms with van der Waals surface area (Å²) in [6, 6.07) is 8.17. The Labute approximate surface area is 111 Å². The lowest BCUT2D eigenvalue weighted by molar-refractivity contribution is 0.417. The Morgan fingerprint density at radius 2 is 2.11 bits per heavy atom. The second kappa shape index (κ2) is 5.09. The van der Waals surface area contributed by atoms with E-state index in [0.717, 1.165) is 11.4 Å². The predicted octanol–water partition coefficient (Wildman–Crippen LogP) is 2.20. The van der Waals surface area contributed by atoms with Crippen molar-refractivity contribution in [1.29, 1.82) is 0 Å². The molecule has 0 amide bonds. The quantitative estimate of drug-likeness (QED) is 0.855. The molecule has 1 saturated carbocycles. The molecule has 6 heteroatoms. The number of ether oxygens (including phenoxy) is 1. The molecular formula is C13H15N5O. The number of methoxy groups -OCH3 is 1. The topological polar surface area (TPSA) is 72.0 Å². The van der Waals surface area contributed by atoms with Crippen molar-refractivity contribution in [2.24, 2.45) is 0 Å². The lowest BCUT2D eigenvalue weighted by Crippen LogP contribution is -2.07. The fraction of sp³-hybridized carbons (Fsp3) is 0.308. The molecule has 2 aromatic rings. The molecule has 0 atom stereocenters. The van der Waals surface area contributed by atoms with Gasteiger partial charge in [0.2, 0.25) is 5.95 Å².